The van der Waals surface area contributed by atoms with Crippen molar-refractivity contribution in [2.24, 2.45) is 5.73 Å². The molecule has 106 valence electrons. The highest BCUT2D eigenvalue weighted by Gasteiger charge is 2.22. The number of carbonyl (C=O) groups is 1. The van der Waals surface area contributed by atoms with Crippen LogP contribution in [-0.4, -0.2) is 39.4 Å². The van der Waals surface area contributed by atoms with E-state index in [0.29, 0.717) is 11.3 Å². The van der Waals surface area contributed by atoms with Crippen LogP contribution < -0.4 is 10.5 Å². The van der Waals surface area contributed by atoms with Crippen molar-refractivity contribution in [3.63, 3.8) is 0 Å². The quantitative estimate of drug-likeness (QED) is 0.794. The van der Waals surface area contributed by atoms with E-state index in [4.69, 9.17) is 15.6 Å². The Labute approximate surface area is 112 Å². The topological polar surface area (TPSA) is 107 Å². The molecule has 0 aromatic heterocycles. The maximum atomic E-state index is 11.8. The van der Waals surface area contributed by atoms with E-state index in [-0.39, 0.29) is 17.9 Å². The van der Waals surface area contributed by atoms with E-state index in [9.17, 15) is 13.2 Å². The fourth-order valence-electron chi connectivity index (χ4n) is 1.83. The number of aliphatic carboxylic acids is 1. The fraction of sp³-hybridized carbons (Fsp3) is 0.417. The average Bonchev–Trinajstić information content (AvgIpc) is 2.34. The Morgan fingerprint density at radius 1 is 1.47 bits per heavy atom. The van der Waals surface area contributed by atoms with Crippen molar-refractivity contribution in [1.29, 1.82) is 0 Å². The third-order valence-corrected chi connectivity index (χ3v) is 3.92. The number of sulfone groups is 1. The number of benzene rings is 1. The molecular weight excluding hydrogens is 270 g/mol. The summed E-state index contributed by atoms with van der Waals surface area (Å²) in [6.45, 7) is 0.0567. The largest absolute Gasteiger partial charge is 0.497 e. The van der Waals surface area contributed by atoms with Crippen molar-refractivity contribution in [3.8, 4) is 5.75 Å². The molecule has 0 bridgehead atoms. The number of rotatable bonds is 6. The first-order valence-electron chi connectivity index (χ1n) is 5.59. The summed E-state index contributed by atoms with van der Waals surface area (Å²) in [4.78, 5) is 10.9. The van der Waals surface area contributed by atoms with E-state index >= 15 is 0 Å². The van der Waals surface area contributed by atoms with Crippen molar-refractivity contribution in [2.45, 2.75) is 17.2 Å². The van der Waals surface area contributed by atoms with Crippen molar-refractivity contribution >= 4 is 15.8 Å². The molecule has 0 saturated carbocycles. The maximum Gasteiger partial charge on any atom is 0.304 e. The first-order chi connectivity index (χ1) is 8.79. The van der Waals surface area contributed by atoms with Crippen LogP contribution in [0, 0.1) is 0 Å². The molecule has 3 N–H and O–H groups in total. The third kappa shape index (κ3) is 3.93. The van der Waals surface area contributed by atoms with E-state index in [0.717, 1.165) is 6.26 Å². The molecule has 0 aliphatic heterocycles. The van der Waals surface area contributed by atoms with E-state index in [1.807, 2.05) is 0 Å². The van der Waals surface area contributed by atoms with Gasteiger partial charge in [0.1, 0.15) is 5.75 Å². The van der Waals surface area contributed by atoms with Gasteiger partial charge in [-0.05, 0) is 24.2 Å². The van der Waals surface area contributed by atoms with Crippen LogP contribution in [0.2, 0.25) is 0 Å². The molecule has 6 nitrogen and oxygen atoms in total. The summed E-state index contributed by atoms with van der Waals surface area (Å²) in [7, 11) is -2.06. The van der Waals surface area contributed by atoms with Crippen molar-refractivity contribution in [3.05, 3.63) is 23.8 Å². The Kier molecular flexibility index (Phi) is 4.90. The van der Waals surface area contributed by atoms with Gasteiger partial charge in [-0.2, -0.15) is 0 Å². The zero-order valence-corrected chi connectivity index (χ0v) is 11.6. The minimum Gasteiger partial charge on any atom is -0.497 e. The number of nitrogens with two attached hydrogens (primary N) is 1. The summed E-state index contributed by atoms with van der Waals surface area (Å²) in [5.41, 5.74) is 5.96. The number of ether oxygens (including phenoxy) is 1. The van der Waals surface area contributed by atoms with Gasteiger partial charge >= 0.3 is 5.97 Å². The van der Waals surface area contributed by atoms with Crippen LogP contribution in [0.15, 0.2) is 23.1 Å². The van der Waals surface area contributed by atoms with Crippen LogP contribution >= 0.6 is 0 Å². The smallest absolute Gasteiger partial charge is 0.304 e. The van der Waals surface area contributed by atoms with Crippen molar-refractivity contribution in [1.82, 2.24) is 0 Å². The number of carboxylic acid groups (broad SMARTS) is 1. The molecule has 1 aromatic rings. The molecule has 1 unspecified atom stereocenters. The highest BCUT2D eigenvalue weighted by molar-refractivity contribution is 7.90. The first-order valence-corrected chi connectivity index (χ1v) is 7.48. The summed E-state index contributed by atoms with van der Waals surface area (Å²) in [6.07, 6.45) is 0.852. The molecular formula is C12H17NO5S. The predicted molar refractivity (Wildman–Crippen MR) is 70.2 cm³/mol. The lowest BCUT2D eigenvalue weighted by molar-refractivity contribution is -0.137. The van der Waals surface area contributed by atoms with E-state index in [2.05, 4.69) is 0 Å². The number of hydrogen-bond donors (Lipinski definition) is 2. The van der Waals surface area contributed by atoms with Gasteiger partial charge in [0.05, 0.1) is 18.4 Å². The van der Waals surface area contributed by atoms with E-state index in [1.54, 1.807) is 12.1 Å². The van der Waals surface area contributed by atoms with Gasteiger partial charge in [-0.1, -0.05) is 6.07 Å². The van der Waals surface area contributed by atoms with Crippen molar-refractivity contribution in [2.75, 3.05) is 19.9 Å². The minimum absolute atomic E-state index is 0.0567. The lowest BCUT2D eigenvalue weighted by Gasteiger charge is -2.17. The standard InChI is InChI=1S/C12H17NO5S/c1-18-9-3-4-10(8(7-13)5-12(14)15)11(6-9)19(2,16)17/h3-4,6,8H,5,7,13H2,1-2H3,(H,14,15). The van der Waals surface area contributed by atoms with E-state index in [1.165, 1.54) is 13.2 Å². The van der Waals surface area contributed by atoms with Crippen LogP contribution in [0.5, 0.6) is 5.75 Å². The van der Waals surface area contributed by atoms with Gasteiger partial charge in [0.25, 0.3) is 0 Å². The molecule has 0 heterocycles. The van der Waals surface area contributed by atoms with Crippen LogP contribution in [-0.2, 0) is 14.6 Å². The summed E-state index contributed by atoms with van der Waals surface area (Å²) >= 11 is 0. The first kappa shape index (κ1) is 15.5. The van der Waals surface area contributed by atoms with Gasteiger partial charge < -0.3 is 15.6 Å². The van der Waals surface area contributed by atoms with Gasteiger partial charge in [-0.3, -0.25) is 4.79 Å². The zero-order chi connectivity index (χ0) is 14.6. The van der Waals surface area contributed by atoms with Gasteiger partial charge in [0.2, 0.25) is 0 Å². The molecule has 1 rings (SSSR count). The van der Waals surface area contributed by atoms with Crippen molar-refractivity contribution < 1.29 is 23.1 Å². The fourth-order valence-corrected chi connectivity index (χ4v) is 2.82. The van der Waals surface area contributed by atoms with Crippen LogP contribution in [0.25, 0.3) is 0 Å². The molecule has 1 atom stereocenters. The second-order valence-electron chi connectivity index (χ2n) is 4.21. The maximum absolute atomic E-state index is 11.8. The molecule has 0 radical (unpaired) electrons. The number of methoxy groups -OCH3 is 1. The van der Waals surface area contributed by atoms with Gasteiger partial charge in [0.15, 0.2) is 9.84 Å². The molecule has 19 heavy (non-hydrogen) atoms. The van der Waals surface area contributed by atoms with Gasteiger partial charge in [0, 0.05) is 12.2 Å². The summed E-state index contributed by atoms with van der Waals surface area (Å²) in [5, 5.41) is 8.84. The minimum atomic E-state index is -3.49. The summed E-state index contributed by atoms with van der Waals surface area (Å²) < 4.78 is 28.6. The average molecular weight is 287 g/mol. The Bertz CT molecular complexity index is 567. The number of hydrogen-bond acceptors (Lipinski definition) is 5. The summed E-state index contributed by atoms with van der Waals surface area (Å²) in [6, 6.07) is 4.53. The normalized spacial score (nSPS) is 13.0. The van der Waals surface area contributed by atoms with Crippen LogP contribution in [0.3, 0.4) is 0 Å². The molecule has 7 heteroatoms. The molecule has 0 saturated heterocycles. The molecule has 0 amide bonds. The molecule has 0 aliphatic carbocycles. The predicted octanol–water partition coefficient (Wildman–Crippen LogP) is 0.616. The molecule has 0 aliphatic rings. The van der Waals surface area contributed by atoms with Gasteiger partial charge in [-0.15, -0.1) is 0 Å². The number of carboxylic acids is 1. The monoisotopic (exact) mass is 287 g/mol. The highest BCUT2D eigenvalue weighted by Crippen LogP contribution is 2.29. The molecule has 0 fully saturated rings. The SMILES string of the molecule is COc1ccc(C(CN)CC(=O)O)c(S(C)(=O)=O)c1. The van der Waals surface area contributed by atoms with Crippen LogP contribution in [0.1, 0.15) is 17.9 Å². The second-order valence-corrected chi connectivity index (χ2v) is 6.19. The molecule has 0 spiro atoms. The Morgan fingerprint density at radius 2 is 2.11 bits per heavy atom. The van der Waals surface area contributed by atoms with Crippen LogP contribution in [0.4, 0.5) is 0 Å². The van der Waals surface area contributed by atoms with E-state index < -0.39 is 21.7 Å². The highest BCUT2D eigenvalue weighted by atomic mass is 32.2. The zero-order valence-electron chi connectivity index (χ0n) is 10.8. The lowest BCUT2D eigenvalue weighted by atomic mass is 9.96. The van der Waals surface area contributed by atoms with Gasteiger partial charge in [-0.25, -0.2) is 8.42 Å². The Morgan fingerprint density at radius 3 is 2.53 bits per heavy atom. The lowest BCUT2D eigenvalue weighted by Crippen LogP contribution is -2.18. The molecule has 1 aromatic carbocycles. The Hall–Kier alpha value is -1.60. The second kappa shape index (κ2) is 6.03. The summed E-state index contributed by atoms with van der Waals surface area (Å²) in [5.74, 6) is -1.17. The third-order valence-electron chi connectivity index (χ3n) is 2.77. The Balaban J connectivity index is 3.37.